The quantitative estimate of drug-likeness (QED) is 0.565. The molecule has 2 aliphatic rings. The summed E-state index contributed by atoms with van der Waals surface area (Å²) in [5.41, 5.74) is 1.26. The van der Waals surface area contributed by atoms with E-state index in [2.05, 4.69) is 4.99 Å². The maximum absolute atomic E-state index is 13.5. The molecule has 0 N–H and O–H groups in total. The number of nitrogens with zero attached hydrogens (tertiary/aromatic N) is 2. The lowest BCUT2D eigenvalue weighted by atomic mass is 9.95. The molecule has 9 heteroatoms. The Bertz CT molecular complexity index is 1440. The smallest absolute Gasteiger partial charge is 0.338 e. The Morgan fingerprint density at radius 1 is 1.25 bits per heavy atom. The summed E-state index contributed by atoms with van der Waals surface area (Å²) in [6.07, 6.45) is 1.69. The zero-order chi connectivity index (χ0) is 22.4. The standard InChI is InChI=1S/C23H20N2O6S/c1-4-28-22(27)19-13(3)24-23-25(20(19)14-6-8-16-17(9-14)30-11-29-16)21(26)18(32-23)10-15-7-5-12(2)31-15/h5-10,20H,4,11H2,1-3H3/b18-10-. The molecule has 5 rings (SSSR count). The van der Waals surface area contributed by atoms with E-state index in [1.165, 1.54) is 15.9 Å². The van der Waals surface area contributed by atoms with Gasteiger partial charge in [-0.2, -0.15) is 0 Å². The molecule has 1 aromatic carbocycles. The summed E-state index contributed by atoms with van der Waals surface area (Å²) in [5, 5.41) is 0. The molecule has 0 saturated heterocycles. The lowest BCUT2D eigenvalue weighted by Gasteiger charge is -2.24. The molecule has 0 amide bonds. The van der Waals surface area contributed by atoms with Crippen LogP contribution in [0.2, 0.25) is 0 Å². The Kier molecular flexibility index (Phi) is 4.97. The first kappa shape index (κ1) is 20.3. The van der Waals surface area contributed by atoms with E-state index in [0.717, 1.165) is 5.76 Å². The number of rotatable bonds is 4. The third-order valence-corrected chi connectivity index (χ3v) is 6.25. The third kappa shape index (κ3) is 3.34. The average Bonchev–Trinajstić information content (AvgIpc) is 3.46. The number of carbonyl (C=O) groups is 1. The average molecular weight is 452 g/mol. The summed E-state index contributed by atoms with van der Waals surface area (Å²) in [4.78, 5) is 31.5. The van der Waals surface area contributed by atoms with Crippen molar-refractivity contribution >= 4 is 23.4 Å². The van der Waals surface area contributed by atoms with Gasteiger partial charge >= 0.3 is 5.97 Å². The van der Waals surface area contributed by atoms with E-state index in [9.17, 15) is 9.59 Å². The number of thiazole rings is 1. The number of allylic oxidation sites excluding steroid dienone is 1. The number of fused-ring (bicyclic) bond motifs is 2. The molecule has 164 valence electrons. The molecular weight excluding hydrogens is 432 g/mol. The molecule has 2 aromatic heterocycles. The molecule has 1 unspecified atom stereocenters. The molecule has 32 heavy (non-hydrogen) atoms. The monoisotopic (exact) mass is 452 g/mol. The van der Waals surface area contributed by atoms with E-state index < -0.39 is 12.0 Å². The maximum Gasteiger partial charge on any atom is 0.338 e. The van der Waals surface area contributed by atoms with Crippen LogP contribution in [0.3, 0.4) is 0 Å². The van der Waals surface area contributed by atoms with Gasteiger partial charge in [0.1, 0.15) is 11.5 Å². The number of hydrogen-bond acceptors (Lipinski definition) is 8. The van der Waals surface area contributed by atoms with E-state index >= 15 is 0 Å². The summed E-state index contributed by atoms with van der Waals surface area (Å²) in [6.45, 7) is 5.67. The van der Waals surface area contributed by atoms with Crippen molar-refractivity contribution in [2.45, 2.75) is 26.8 Å². The Balaban J connectivity index is 1.73. The molecule has 4 heterocycles. The maximum atomic E-state index is 13.5. The fourth-order valence-electron chi connectivity index (χ4n) is 3.85. The second kappa shape index (κ2) is 7.83. The van der Waals surface area contributed by atoms with Gasteiger partial charge in [0.15, 0.2) is 16.3 Å². The lowest BCUT2D eigenvalue weighted by molar-refractivity contribution is -0.139. The van der Waals surface area contributed by atoms with Crippen molar-refractivity contribution in [2.24, 2.45) is 4.99 Å². The highest BCUT2D eigenvalue weighted by molar-refractivity contribution is 7.07. The summed E-state index contributed by atoms with van der Waals surface area (Å²) in [5.74, 6) is 2.00. The molecule has 0 radical (unpaired) electrons. The van der Waals surface area contributed by atoms with Gasteiger partial charge in [0.05, 0.1) is 28.5 Å². The lowest BCUT2D eigenvalue weighted by Crippen LogP contribution is -2.39. The zero-order valence-corrected chi connectivity index (χ0v) is 18.5. The molecule has 2 aliphatic heterocycles. The van der Waals surface area contributed by atoms with Gasteiger partial charge in [0.25, 0.3) is 5.56 Å². The fourth-order valence-corrected chi connectivity index (χ4v) is 4.88. The first-order valence-electron chi connectivity index (χ1n) is 10.1. The highest BCUT2D eigenvalue weighted by Crippen LogP contribution is 2.38. The van der Waals surface area contributed by atoms with Crippen LogP contribution in [-0.4, -0.2) is 23.9 Å². The van der Waals surface area contributed by atoms with Crippen LogP contribution in [0, 0.1) is 6.92 Å². The van der Waals surface area contributed by atoms with Crippen LogP contribution >= 0.6 is 11.3 Å². The number of benzene rings is 1. The summed E-state index contributed by atoms with van der Waals surface area (Å²) in [7, 11) is 0. The first-order valence-corrected chi connectivity index (χ1v) is 10.9. The largest absolute Gasteiger partial charge is 0.463 e. The van der Waals surface area contributed by atoms with Crippen LogP contribution in [-0.2, 0) is 9.53 Å². The van der Waals surface area contributed by atoms with Gasteiger partial charge in [-0.3, -0.25) is 9.36 Å². The summed E-state index contributed by atoms with van der Waals surface area (Å²) in [6, 6.07) is 8.32. The van der Waals surface area contributed by atoms with E-state index in [-0.39, 0.29) is 19.0 Å². The van der Waals surface area contributed by atoms with Gasteiger partial charge in [-0.25, -0.2) is 9.79 Å². The van der Waals surface area contributed by atoms with Gasteiger partial charge in [-0.1, -0.05) is 17.4 Å². The van der Waals surface area contributed by atoms with Crippen LogP contribution in [0.25, 0.3) is 6.08 Å². The Morgan fingerprint density at radius 2 is 2.06 bits per heavy atom. The molecule has 0 bridgehead atoms. The minimum atomic E-state index is -0.708. The van der Waals surface area contributed by atoms with Crippen molar-refractivity contribution in [1.29, 1.82) is 0 Å². The predicted molar refractivity (Wildman–Crippen MR) is 116 cm³/mol. The van der Waals surface area contributed by atoms with E-state index in [1.807, 2.05) is 19.1 Å². The number of ether oxygens (including phenoxy) is 3. The molecule has 0 aliphatic carbocycles. The number of aryl methyl sites for hydroxylation is 1. The second-order valence-corrected chi connectivity index (χ2v) is 8.37. The molecule has 3 aromatic rings. The zero-order valence-electron chi connectivity index (χ0n) is 17.7. The van der Waals surface area contributed by atoms with Gasteiger partial charge in [-0.15, -0.1) is 0 Å². The topological polar surface area (TPSA) is 92.3 Å². The van der Waals surface area contributed by atoms with Crippen molar-refractivity contribution in [2.75, 3.05) is 13.4 Å². The van der Waals surface area contributed by atoms with Crippen LogP contribution in [0.15, 0.2) is 55.8 Å². The molecule has 0 saturated carbocycles. The predicted octanol–water partition coefficient (Wildman–Crippen LogP) is 2.43. The van der Waals surface area contributed by atoms with Crippen molar-refractivity contribution in [3.63, 3.8) is 0 Å². The molecule has 0 spiro atoms. The second-order valence-electron chi connectivity index (χ2n) is 7.36. The number of aromatic nitrogens is 1. The van der Waals surface area contributed by atoms with Gasteiger partial charge < -0.3 is 18.6 Å². The third-order valence-electron chi connectivity index (χ3n) is 5.26. The van der Waals surface area contributed by atoms with E-state index in [0.29, 0.717) is 43.4 Å². The van der Waals surface area contributed by atoms with Gasteiger partial charge in [0, 0.05) is 6.08 Å². The van der Waals surface area contributed by atoms with E-state index in [4.69, 9.17) is 18.6 Å². The highest BCUT2D eigenvalue weighted by atomic mass is 32.1. The molecule has 8 nitrogen and oxygen atoms in total. The number of carbonyl (C=O) groups excluding carboxylic acids is 1. The minimum Gasteiger partial charge on any atom is -0.463 e. The minimum absolute atomic E-state index is 0.129. The molecular formula is C23H20N2O6S. The fraction of sp³-hybridized carbons (Fsp3) is 0.261. The van der Waals surface area contributed by atoms with Gasteiger partial charge in [-0.05, 0) is 50.6 Å². The van der Waals surface area contributed by atoms with Crippen molar-refractivity contribution < 1.29 is 23.4 Å². The number of furan rings is 1. The van der Waals surface area contributed by atoms with Crippen LogP contribution in [0.1, 0.15) is 37.0 Å². The van der Waals surface area contributed by atoms with Gasteiger partial charge in [0.2, 0.25) is 6.79 Å². The Labute approximate surface area is 186 Å². The Hall–Kier alpha value is -3.59. The molecule has 0 fully saturated rings. The van der Waals surface area contributed by atoms with E-state index in [1.54, 1.807) is 38.1 Å². The summed E-state index contributed by atoms with van der Waals surface area (Å²) < 4.78 is 23.8. The van der Waals surface area contributed by atoms with Crippen LogP contribution in [0.5, 0.6) is 11.5 Å². The Morgan fingerprint density at radius 3 is 2.81 bits per heavy atom. The van der Waals surface area contributed by atoms with Crippen molar-refractivity contribution in [3.8, 4) is 11.5 Å². The van der Waals surface area contributed by atoms with Crippen molar-refractivity contribution in [1.82, 2.24) is 4.57 Å². The molecule has 1 atom stereocenters. The normalized spacial score (nSPS) is 17.3. The first-order chi connectivity index (χ1) is 15.5. The number of esters is 1. The van der Waals surface area contributed by atoms with Crippen LogP contribution < -0.4 is 24.4 Å². The summed E-state index contributed by atoms with van der Waals surface area (Å²) >= 11 is 1.25. The van der Waals surface area contributed by atoms with Crippen LogP contribution in [0.4, 0.5) is 0 Å². The number of hydrogen-bond donors (Lipinski definition) is 0. The van der Waals surface area contributed by atoms with Crippen molar-refractivity contribution in [3.05, 3.63) is 78.4 Å². The highest BCUT2D eigenvalue weighted by Gasteiger charge is 2.34. The SMILES string of the molecule is CCOC(=O)C1=C(C)N=c2s/c(=C\c3ccc(C)o3)c(=O)n2C1c1ccc2c(c1)OCO2.